The van der Waals surface area contributed by atoms with E-state index in [2.05, 4.69) is 31.4 Å². The lowest BCUT2D eigenvalue weighted by Gasteiger charge is -2.39. The first-order valence-electron chi connectivity index (χ1n) is 7.73. The molecule has 1 saturated carbocycles. The second kappa shape index (κ2) is 7.37. The van der Waals surface area contributed by atoms with Crippen molar-refractivity contribution in [3.63, 3.8) is 0 Å². The fraction of sp³-hybridized carbons (Fsp3) is 0.529. The van der Waals surface area contributed by atoms with E-state index < -0.39 is 0 Å². The van der Waals surface area contributed by atoms with Crippen LogP contribution in [-0.4, -0.2) is 17.1 Å². The van der Waals surface area contributed by atoms with E-state index in [1.165, 1.54) is 12.5 Å². The van der Waals surface area contributed by atoms with Crippen LogP contribution in [0, 0.1) is 11.3 Å². The van der Waals surface area contributed by atoms with Crippen LogP contribution in [0.4, 0.5) is 0 Å². The van der Waals surface area contributed by atoms with E-state index >= 15 is 0 Å². The molecule has 1 aliphatic carbocycles. The Kier molecular flexibility index (Phi) is 5.93. The molecule has 0 aliphatic heterocycles. The van der Waals surface area contributed by atoms with E-state index in [1.54, 1.807) is 12.1 Å². The third-order valence-electron chi connectivity index (χ3n) is 4.13. The van der Waals surface area contributed by atoms with Crippen molar-refractivity contribution in [3.8, 4) is 0 Å². The number of hydrogen-bond donors (Lipinski definition) is 2. The molecule has 1 aromatic carbocycles. The molecule has 0 saturated heterocycles. The van der Waals surface area contributed by atoms with Crippen molar-refractivity contribution >= 4 is 46.4 Å². The van der Waals surface area contributed by atoms with E-state index in [1.807, 2.05) is 0 Å². The first-order chi connectivity index (χ1) is 10.7. The van der Waals surface area contributed by atoms with Gasteiger partial charge in [-0.25, -0.2) is 0 Å². The fourth-order valence-corrected chi connectivity index (χ4v) is 4.05. The molecule has 0 bridgehead atoms. The Balaban J connectivity index is 1.93. The lowest BCUT2D eigenvalue weighted by Crippen LogP contribution is -2.48. The van der Waals surface area contributed by atoms with Crippen LogP contribution in [0.2, 0.25) is 10.0 Å². The molecular formula is C17H22Cl2N2OS. The number of rotatable bonds is 2. The molecule has 126 valence electrons. The average Bonchev–Trinajstić information content (AvgIpc) is 2.39. The zero-order chi connectivity index (χ0) is 17.2. The van der Waals surface area contributed by atoms with Crippen LogP contribution in [0.25, 0.3) is 0 Å². The van der Waals surface area contributed by atoms with Crippen molar-refractivity contribution in [2.24, 2.45) is 11.3 Å². The summed E-state index contributed by atoms with van der Waals surface area (Å²) >= 11 is 17.1. The van der Waals surface area contributed by atoms with Crippen molar-refractivity contribution in [3.05, 3.63) is 33.8 Å². The van der Waals surface area contributed by atoms with Crippen LogP contribution in [0.3, 0.4) is 0 Å². The number of carbonyl (C=O) groups is 1. The van der Waals surface area contributed by atoms with Crippen molar-refractivity contribution in [2.45, 2.75) is 46.1 Å². The molecule has 0 heterocycles. The molecular weight excluding hydrogens is 351 g/mol. The second-order valence-corrected chi connectivity index (χ2v) is 8.39. The highest BCUT2D eigenvalue weighted by Gasteiger charge is 2.32. The van der Waals surface area contributed by atoms with Gasteiger partial charge in [-0.1, -0.05) is 44.0 Å². The Hall–Kier alpha value is -0.840. The summed E-state index contributed by atoms with van der Waals surface area (Å²) in [5, 5.41) is 7.11. The van der Waals surface area contributed by atoms with Gasteiger partial charge >= 0.3 is 0 Å². The summed E-state index contributed by atoms with van der Waals surface area (Å²) in [6, 6.07) is 5.04. The minimum absolute atomic E-state index is 0.287. The van der Waals surface area contributed by atoms with Gasteiger partial charge in [0, 0.05) is 11.6 Å². The topological polar surface area (TPSA) is 41.1 Å². The Bertz CT molecular complexity index is 619. The number of thiocarbonyl (C=S) groups is 1. The highest BCUT2D eigenvalue weighted by atomic mass is 35.5. The highest BCUT2D eigenvalue weighted by Crippen LogP contribution is 2.38. The molecule has 2 N–H and O–H groups in total. The van der Waals surface area contributed by atoms with Gasteiger partial charge in [0.2, 0.25) is 0 Å². The smallest absolute Gasteiger partial charge is 0.257 e. The zero-order valence-electron chi connectivity index (χ0n) is 13.6. The standard InChI is InChI=1S/C17H22Cl2N2OS/c1-10-6-12(9-17(2,3)8-10)20-16(23)21-15(22)11-4-5-13(18)14(19)7-11/h4-5,7,10,12H,6,8-9H2,1-3H3,(H2,20,21,22,23)/t10-,12-/m0/s1. The first-order valence-corrected chi connectivity index (χ1v) is 8.89. The zero-order valence-corrected chi connectivity index (χ0v) is 15.9. The van der Waals surface area contributed by atoms with Gasteiger partial charge in [0.15, 0.2) is 5.11 Å². The van der Waals surface area contributed by atoms with Crippen LogP contribution in [-0.2, 0) is 0 Å². The largest absolute Gasteiger partial charge is 0.360 e. The van der Waals surface area contributed by atoms with E-state index in [0.717, 1.165) is 12.8 Å². The number of carbonyl (C=O) groups excluding carboxylic acids is 1. The predicted octanol–water partition coefficient (Wildman–Crippen LogP) is 4.81. The summed E-state index contributed by atoms with van der Waals surface area (Å²) in [5.74, 6) is 0.356. The van der Waals surface area contributed by atoms with Crippen LogP contribution in [0.15, 0.2) is 18.2 Å². The molecule has 0 unspecified atom stereocenters. The SMILES string of the molecule is C[C@H]1C[C@H](NC(=S)NC(=O)c2ccc(Cl)c(Cl)c2)CC(C)(C)C1. The summed E-state index contributed by atoms with van der Waals surface area (Å²) < 4.78 is 0. The van der Waals surface area contributed by atoms with Gasteiger partial charge in [0.1, 0.15) is 0 Å². The van der Waals surface area contributed by atoms with Crippen molar-refractivity contribution < 1.29 is 4.79 Å². The fourth-order valence-electron chi connectivity index (χ4n) is 3.49. The maximum absolute atomic E-state index is 12.2. The van der Waals surface area contributed by atoms with Crippen LogP contribution >= 0.6 is 35.4 Å². The molecule has 1 aromatic rings. The van der Waals surface area contributed by atoms with E-state index in [4.69, 9.17) is 35.4 Å². The highest BCUT2D eigenvalue weighted by molar-refractivity contribution is 7.80. The molecule has 1 amide bonds. The van der Waals surface area contributed by atoms with E-state index in [-0.39, 0.29) is 11.9 Å². The monoisotopic (exact) mass is 372 g/mol. The number of nitrogens with one attached hydrogen (secondary N) is 2. The molecule has 3 nitrogen and oxygen atoms in total. The summed E-state index contributed by atoms with van der Waals surface area (Å²) in [5.41, 5.74) is 0.722. The Morgan fingerprint density at radius 3 is 2.57 bits per heavy atom. The molecule has 0 aromatic heterocycles. The summed E-state index contributed by atoms with van der Waals surface area (Å²) in [6.45, 7) is 6.80. The number of amides is 1. The molecule has 23 heavy (non-hydrogen) atoms. The molecule has 0 radical (unpaired) electrons. The molecule has 1 fully saturated rings. The number of hydrogen-bond acceptors (Lipinski definition) is 2. The van der Waals surface area contributed by atoms with Gasteiger partial charge in [-0.3, -0.25) is 10.1 Å². The van der Waals surface area contributed by atoms with Crippen LogP contribution < -0.4 is 10.6 Å². The first kappa shape index (κ1) is 18.5. The summed E-state index contributed by atoms with van der Waals surface area (Å²) in [6.07, 6.45) is 3.32. The van der Waals surface area contributed by atoms with Gasteiger partial charge in [-0.2, -0.15) is 0 Å². The van der Waals surface area contributed by atoms with Gasteiger partial charge in [0.25, 0.3) is 5.91 Å². The van der Waals surface area contributed by atoms with Crippen molar-refractivity contribution in [1.82, 2.24) is 10.6 Å². The van der Waals surface area contributed by atoms with Gasteiger partial charge in [-0.15, -0.1) is 0 Å². The molecule has 1 aliphatic rings. The van der Waals surface area contributed by atoms with E-state index in [9.17, 15) is 4.79 Å². The Morgan fingerprint density at radius 1 is 1.26 bits per heavy atom. The minimum Gasteiger partial charge on any atom is -0.360 e. The van der Waals surface area contributed by atoms with Crippen LogP contribution in [0.1, 0.15) is 50.4 Å². The van der Waals surface area contributed by atoms with Gasteiger partial charge in [0.05, 0.1) is 10.0 Å². The maximum Gasteiger partial charge on any atom is 0.257 e. The molecule has 2 rings (SSSR count). The normalized spacial score (nSPS) is 23.2. The average molecular weight is 373 g/mol. The second-order valence-electron chi connectivity index (χ2n) is 7.17. The van der Waals surface area contributed by atoms with Crippen molar-refractivity contribution in [1.29, 1.82) is 0 Å². The maximum atomic E-state index is 12.2. The number of halogens is 2. The van der Waals surface area contributed by atoms with Crippen molar-refractivity contribution in [2.75, 3.05) is 0 Å². The quantitative estimate of drug-likeness (QED) is 0.731. The molecule has 0 spiro atoms. The van der Waals surface area contributed by atoms with E-state index in [0.29, 0.717) is 32.1 Å². The predicted molar refractivity (Wildman–Crippen MR) is 100 cm³/mol. The molecule has 6 heteroatoms. The Morgan fingerprint density at radius 2 is 1.96 bits per heavy atom. The lowest BCUT2D eigenvalue weighted by atomic mass is 9.71. The number of benzene rings is 1. The lowest BCUT2D eigenvalue weighted by molar-refractivity contribution is 0.0975. The van der Waals surface area contributed by atoms with Gasteiger partial charge in [-0.05, 0) is 61.0 Å². The third kappa shape index (κ3) is 5.33. The summed E-state index contributed by atoms with van der Waals surface area (Å²) in [4.78, 5) is 12.2. The van der Waals surface area contributed by atoms with Crippen LogP contribution in [0.5, 0.6) is 0 Å². The molecule has 2 atom stereocenters. The Labute approximate surface area is 153 Å². The minimum atomic E-state index is -0.288. The third-order valence-corrected chi connectivity index (χ3v) is 5.09. The summed E-state index contributed by atoms with van der Waals surface area (Å²) in [7, 11) is 0. The van der Waals surface area contributed by atoms with Gasteiger partial charge < -0.3 is 5.32 Å².